The van der Waals surface area contributed by atoms with Crippen molar-refractivity contribution < 1.29 is 38.7 Å². The third kappa shape index (κ3) is 10.4. The highest BCUT2D eigenvalue weighted by Crippen LogP contribution is 2.36. The minimum atomic E-state index is -0.916. The molecule has 0 radical (unpaired) electrons. The van der Waals surface area contributed by atoms with Crippen LogP contribution in [0.3, 0.4) is 0 Å². The number of rotatable bonds is 10. The predicted molar refractivity (Wildman–Crippen MR) is 169 cm³/mol. The van der Waals surface area contributed by atoms with Crippen LogP contribution in [0.4, 0.5) is 4.79 Å². The van der Waals surface area contributed by atoms with Gasteiger partial charge in [0.1, 0.15) is 11.7 Å². The highest BCUT2D eigenvalue weighted by atomic mass is 16.6. The summed E-state index contributed by atoms with van der Waals surface area (Å²) in [6.07, 6.45) is 9.25. The van der Waals surface area contributed by atoms with Crippen molar-refractivity contribution in [1.82, 2.24) is 10.2 Å². The maximum absolute atomic E-state index is 13.1. The zero-order valence-electron chi connectivity index (χ0n) is 27.7. The molecule has 10 nitrogen and oxygen atoms in total. The molecule has 3 N–H and O–H groups in total. The van der Waals surface area contributed by atoms with Crippen molar-refractivity contribution in [3.63, 3.8) is 0 Å². The summed E-state index contributed by atoms with van der Waals surface area (Å²) in [5.74, 6) is -0.316. The van der Waals surface area contributed by atoms with Gasteiger partial charge in [0.25, 0.3) is 0 Å². The Balaban J connectivity index is 1.74. The number of hydrogen-bond donors (Lipinski definition) is 3. The molecule has 2 saturated heterocycles. The first-order valence-corrected chi connectivity index (χ1v) is 16.3. The van der Waals surface area contributed by atoms with Gasteiger partial charge in [-0.2, -0.15) is 0 Å². The molecule has 44 heavy (non-hydrogen) atoms. The van der Waals surface area contributed by atoms with Crippen LogP contribution in [0.5, 0.6) is 0 Å². The lowest BCUT2D eigenvalue weighted by molar-refractivity contribution is -0.151. The van der Waals surface area contributed by atoms with Gasteiger partial charge in [0.15, 0.2) is 6.10 Å². The van der Waals surface area contributed by atoms with Crippen LogP contribution in [0.1, 0.15) is 73.6 Å². The number of allylic oxidation sites excluding steroid dienone is 3. The third-order valence-corrected chi connectivity index (χ3v) is 9.39. The van der Waals surface area contributed by atoms with E-state index in [2.05, 4.69) is 18.3 Å². The summed E-state index contributed by atoms with van der Waals surface area (Å²) in [6, 6.07) is 0. The average molecular weight is 621 g/mol. The average Bonchev–Trinajstić information content (AvgIpc) is 3.78. The van der Waals surface area contributed by atoms with Crippen molar-refractivity contribution >= 4 is 12.1 Å². The number of cyclic esters (lactones) is 1. The fraction of sp³-hybridized carbons (Fsp3) is 0.765. The van der Waals surface area contributed by atoms with E-state index in [0.717, 1.165) is 18.4 Å². The van der Waals surface area contributed by atoms with Gasteiger partial charge in [0.2, 0.25) is 0 Å². The van der Waals surface area contributed by atoms with Crippen molar-refractivity contribution in [2.45, 2.75) is 116 Å². The van der Waals surface area contributed by atoms with Gasteiger partial charge < -0.3 is 39.4 Å². The van der Waals surface area contributed by atoms with Crippen molar-refractivity contribution in [3.8, 4) is 0 Å². The summed E-state index contributed by atoms with van der Waals surface area (Å²) < 4.78 is 23.7. The summed E-state index contributed by atoms with van der Waals surface area (Å²) in [4.78, 5) is 27.6. The number of carbonyl (C=O) groups excluding carboxylic acids is 2. The van der Waals surface area contributed by atoms with E-state index in [0.29, 0.717) is 32.6 Å². The van der Waals surface area contributed by atoms with Crippen molar-refractivity contribution in [2.75, 3.05) is 33.3 Å². The lowest BCUT2D eigenvalue weighted by Gasteiger charge is -2.37. The molecular weight excluding hydrogens is 564 g/mol. The molecule has 3 heterocycles. The van der Waals surface area contributed by atoms with E-state index in [-0.39, 0.29) is 48.9 Å². The Hall–Kier alpha value is -2.24. The molecular formula is C34H56N2O8. The molecule has 0 aromatic heterocycles. The predicted octanol–water partition coefficient (Wildman–Crippen LogP) is 4.15. The van der Waals surface area contributed by atoms with Crippen LogP contribution >= 0.6 is 0 Å². The fourth-order valence-electron chi connectivity index (χ4n) is 6.02. The number of epoxide rings is 1. The van der Waals surface area contributed by atoms with E-state index < -0.39 is 36.0 Å². The Labute approximate surface area is 263 Å². The molecule has 2 fully saturated rings. The fourth-order valence-corrected chi connectivity index (χ4v) is 6.02. The van der Waals surface area contributed by atoms with Gasteiger partial charge in [-0.25, -0.2) is 4.79 Å². The Morgan fingerprint density at radius 1 is 1.27 bits per heavy atom. The highest BCUT2D eigenvalue weighted by Gasteiger charge is 2.45. The number of aliphatic hydroxyl groups excluding tert-OH is 2. The van der Waals surface area contributed by atoms with Crippen molar-refractivity contribution in [1.29, 1.82) is 0 Å². The topological polar surface area (TPSA) is 130 Å². The molecule has 10 heteroatoms. The maximum atomic E-state index is 13.1. The first kappa shape index (κ1) is 36.2. The van der Waals surface area contributed by atoms with E-state index in [1.165, 1.54) is 0 Å². The quantitative estimate of drug-likeness (QED) is 0.143. The zero-order valence-corrected chi connectivity index (χ0v) is 27.7. The summed E-state index contributed by atoms with van der Waals surface area (Å²) in [5.41, 5.74) is -0.0467. The van der Waals surface area contributed by atoms with Crippen LogP contribution in [-0.4, -0.2) is 103 Å². The van der Waals surface area contributed by atoms with E-state index in [1.54, 1.807) is 12.0 Å². The number of nitrogens with zero attached hydrogens (tertiary/aromatic N) is 1. The van der Waals surface area contributed by atoms with Gasteiger partial charge in [0, 0.05) is 45.1 Å². The standard InChI is InChI=1S/C34H56N2O8/c1-8-27(38)25(5)32-28(42-32)20-22(2)10-9-11-23(3)31-24(4)12-13-29(43-33(40)36-18-16-35-17-19-36)34(6,41-7)15-14-26(37)21-30(39)44-31/h9-13,22,24-29,31-32,35,37-38H,8,14-21H2,1-7H3/b10-9+,13-12+,23-11+/t22?,24-,25?,26-,27?,28+,29-,31+,32+,34-/m0/s1. The van der Waals surface area contributed by atoms with Gasteiger partial charge in [-0.3, -0.25) is 4.79 Å². The second kappa shape index (κ2) is 16.9. The summed E-state index contributed by atoms with van der Waals surface area (Å²) in [7, 11) is 1.57. The Morgan fingerprint density at radius 2 is 1.98 bits per heavy atom. The lowest BCUT2D eigenvalue weighted by Crippen LogP contribution is -2.50. The summed E-state index contributed by atoms with van der Waals surface area (Å²) in [6.45, 7) is 14.5. The van der Waals surface area contributed by atoms with Crippen LogP contribution in [0.15, 0.2) is 36.0 Å². The molecule has 10 atom stereocenters. The number of ether oxygens (including phenoxy) is 4. The van der Waals surface area contributed by atoms with Gasteiger partial charge in [-0.15, -0.1) is 0 Å². The Morgan fingerprint density at radius 3 is 2.64 bits per heavy atom. The van der Waals surface area contributed by atoms with Crippen molar-refractivity contribution in [3.05, 3.63) is 36.0 Å². The first-order valence-electron chi connectivity index (χ1n) is 16.3. The Kier molecular flexibility index (Phi) is 13.9. The molecule has 3 aliphatic rings. The van der Waals surface area contributed by atoms with Gasteiger partial charge >= 0.3 is 12.1 Å². The number of methoxy groups -OCH3 is 1. The smallest absolute Gasteiger partial charge is 0.410 e. The van der Waals surface area contributed by atoms with Gasteiger partial charge in [0.05, 0.1) is 30.8 Å². The third-order valence-electron chi connectivity index (χ3n) is 9.39. The van der Waals surface area contributed by atoms with E-state index in [1.807, 2.05) is 58.9 Å². The number of hydrogen-bond acceptors (Lipinski definition) is 9. The summed E-state index contributed by atoms with van der Waals surface area (Å²) >= 11 is 0. The molecule has 3 rings (SSSR count). The number of esters is 1. The van der Waals surface area contributed by atoms with E-state index in [9.17, 15) is 19.8 Å². The maximum Gasteiger partial charge on any atom is 0.410 e. The number of amides is 1. The van der Waals surface area contributed by atoms with Gasteiger partial charge in [-0.05, 0) is 57.1 Å². The summed E-state index contributed by atoms with van der Waals surface area (Å²) in [5, 5.41) is 24.0. The van der Waals surface area contributed by atoms with Crippen LogP contribution < -0.4 is 5.32 Å². The zero-order chi connectivity index (χ0) is 32.4. The SMILES string of the molecule is CCC(O)C(C)[C@H]1O[C@@H]1CC(C)/C=C/C=C(\C)[C@H]1OC(=O)C[C@@H](O)CC[C@](C)(OC)[C@@H](OC(=O)N2CCNCC2)/C=C/[C@@H]1C. The molecule has 250 valence electrons. The van der Waals surface area contributed by atoms with Crippen LogP contribution in [-0.2, 0) is 23.7 Å². The second-order valence-corrected chi connectivity index (χ2v) is 13.1. The first-order chi connectivity index (χ1) is 20.9. The monoisotopic (exact) mass is 620 g/mol. The van der Waals surface area contributed by atoms with Crippen LogP contribution in [0.25, 0.3) is 0 Å². The number of carbonyl (C=O) groups is 2. The lowest BCUT2D eigenvalue weighted by atomic mass is 9.88. The number of piperazine rings is 1. The number of aliphatic hydroxyl groups is 2. The van der Waals surface area contributed by atoms with Crippen LogP contribution in [0, 0.1) is 17.8 Å². The molecule has 0 saturated carbocycles. The van der Waals surface area contributed by atoms with Crippen LogP contribution in [0.2, 0.25) is 0 Å². The Bertz CT molecular complexity index is 1020. The molecule has 0 aliphatic carbocycles. The molecule has 0 spiro atoms. The molecule has 0 bridgehead atoms. The minimum absolute atomic E-state index is 0.108. The minimum Gasteiger partial charge on any atom is -0.457 e. The molecule has 0 aromatic rings. The molecule has 0 aromatic carbocycles. The normalized spacial score (nSPS) is 35.2. The van der Waals surface area contributed by atoms with Crippen molar-refractivity contribution in [2.24, 2.45) is 17.8 Å². The van der Waals surface area contributed by atoms with E-state index in [4.69, 9.17) is 18.9 Å². The van der Waals surface area contributed by atoms with Gasteiger partial charge in [-0.1, -0.05) is 52.0 Å². The molecule has 3 aliphatic heterocycles. The molecule has 1 amide bonds. The highest BCUT2D eigenvalue weighted by molar-refractivity contribution is 5.70. The largest absolute Gasteiger partial charge is 0.457 e. The van der Waals surface area contributed by atoms with E-state index >= 15 is 0 Å². The second-order valence-electron chi connectivity index (χ2n) is 13.1. The molecule has 3 unspecified atom stereocenters. The number of nitrogens with one attached hydrogen (secondary N) is 1.